The summed E-state index contributed by atoms with van der Waals surface area (Å²) in [5.41, 5.74) is 3.08. The number of anilines is 1. The van der Waals surface area contributed by atoms with E-state index in [1.807, 2.05) is 32.0 Å². The monoisotopic (exact) mass is 290 g/mol. The number of benzene rings is 1. The third kappa shape index (κ3) is 4.29. The topological polar surface area (TPSA) is 52.6 Å². The highest BCUT2D eigenvalue weighted by atomic mass is 16.3. The minimum atomic E-state index is 0.00718. The van der Waals surface area contributed by atoms with Crippen LogP contribution in [0.4, 0.5) is 5.69 Å². The molecule has 21 heavy (non-hydrogen) atoms. The molecule has 116 valence electrons. The lowest BCUT2D eigenvalue weighted by atomic mass is 10.1. The minimum absolute atomic E-state index is 0.00718. The fourth-order valence-corrected chi connectivity index (χ4v) is 3.03. The molecule has 1 heterocycles. The normalized spacial score (nSPS) is 20.0. The van der Waals surface area contributed by atoms with Crippen molar-refractivity contribution in [3.8, 4) is 0 Å². The van der Waals surface area contributed by atoms with Crippen LogP contribution in [0.1, 0.15) is 36.8 Å². The van der Waals surface area contributed by atoms with Crippen LogP contribution in [-0.4, -0.2) is 41.7 Å². The quantitative estimate of drug-likeness (QED) is 0.895. The lowest BCUT2D eigenvalue weighted by molar-refractivity contribution is -0.118. The standard InChI is InChI=1S/C17H26N2O2/c1-13-7-6-8-14(2)17(13)18-16(21)11-19-10-5-3-4-9-15(19)12-20/h6-8,15,20H,3-5,9-12H2,1-2H3,(H,18,21). The van der Waals surface area contributed by atoms with Gasteiger partial charge in [0.2, 0.25) is 5.91 Å². The van der Waals surface area contributed by atoms with Gasteiger partial charge in [0.05, 0.1) is 13.2 Å². The van der Waals surface area contributed by atoms with Crippen molar-refractivity contribution in [1.29, 1.82) is 0 Å². The minimum Gasteiger partial charge on any atom is -0.395 e. The van der Waals surface area contributed by atoms with E-state index in [0.717, 1.165) is 42.6 Å². The molecule has 2 rings (SSSR count). The summed E-state index contributed by atoms with van der Waals surface area (Å²) in [5, 5.41) is 12.5. The van der Waals surface area contributed by atoms with Crippen molar-refractivity contribution in [2.45, 2.75) is 45.6 Å². The van der Waals surface area contributed by atoms with Crippen LogP contribution in [0.5, 0.6) is 0 Å². The number of aliphatic hydroxyl groups is 1. The van der Waals surface area contributed by atoms with E-state index in [1.165, 1.54) is 6.42 Å². The SMILES string of the molecule is Cc1cccc(C)c1NC(=O)CN1CCCCCC1CO. The average Bonchev–Trinajstić information content (AvgIpc) is 2.68. The summed E-state index contributed by atoms with van der Waals surface area (Å²) in [7, 11) is 0. The number of carbonyl (C=O) groups is 1. The Kier molecular flexibility index (Phi) is 5.76. The summed E-state index contributed by atoms with van der Waals surface area (Å²) in [6, 6.07) is 6.13. The highest BCUT2D eigenvalue weighted by Gasteiger charge is 2.22. The summed E-state index contributed by atoms with van der Waals surface area (Å²) < 4.78 is 0. The van der Waals surface area contributed by atoms with Crippen molar-refractivity contribution in [3.05, 3.63) is 29.3 Å². The van der Waals surface area contributed by atoms with Gasteiger partial charge in [-0.1, -0.05) is 31.0 Å². The Morgan fingerprint density at radius 2 is 2.00 bits per heavy atom. The second-order valence-corrected chi connectivity index (χ2v) is 5.97. The van der Waals surface area contributed by atoms with Crippen molar-refractivity contribution < 1.29 is 9.90 Å². The number of aliphatic hydroxyl groups excluding tert-OH is 1. The van der Waals surface area contributed by atoms with E-state index < -0.39 is 0 Å². The van der Waals surface area contributed by atoms with Crippen molar-refractivity contribution in [2.24, 2.45) is 0 Å². The molecule has 0 radical (unpaired) electrons. The predicted octanol–water partition coefficient (Wildman–Crippen LogP) is 2.48. The molecule has 4 heteroatoms. The molecular weight excluding hydrogens is 264 g/mol. The summed E-state index contributed by atoms with van der Waals surface area (Å²) in [6.45, 7) is 5.40. The van der Waals surface area contributed by atoms with E-state index in [-0.39, 0.29) is 18.6 Å². The number of hydrogen-bond donors (Lipinski definition) is 2. The first kappa shape index (κ1) is 16.0. The summed E-state index contributed by atoms with van der Waals surface area (Å²) in [5.74, 6) is 0.00718. The van der Waals surface area contributed by atoms with E-state index in [1.54, 1.807) is 0 Å². The maximum absolute atomic E-state index is 12.3. The average molecular weight is 290 g/mol. The molecule has 1 unspecified atom stereocenters. The van der Waals surface area contributed by atoms with Gasteiger partial charge in [-0.15, -0.1) is 0 Å². The lowest BCUT2D eigenvalue weighted by Crippen LogP contribution is -2.42. The zero-order valence-corrected chi connectivity index (χ0v) is 13.1. The zero-order chi connectivity index (χ0) is 15.2. The first-order chi connectivity index (χ1) is 10.1. The Balaban J connectivity index is 2.00. The van der Waals surface area contributed by atoms with Crippen LogP contribution >= 0.6 is 0 Å². The number of carbonyl (C=O) groups excluding carboxylic acids is 1. The van der Waals surface area contributed by atoms with Gasteiger partial charge in [0, 0.05) is 11.7 Å². The number of rotatable bonds is 4. The Morgan fingerprint density at radius 3 is 2.67 bits per heavy atom. The highest BCUT2D eigenvalue weighted by molar-refractivity contribution is 5.93. The molecule has 1 atom stereocenters. The van der Waals surface area contributed by atoms with Gasteiger partial charge >= 0.3 is 0 Å². The molecule has 0 saturated carbocycles. The number of nitrogens with one attached hydrogen (secondary N) is 1. The Bertz CT molecular complexity index is 467. The van der Waals surface area contributed by atoms with E-state index in [4.69, 9.17) is 0 Å². The van der Waals surface area contributed by atoms with Gasteiger partial charge in [0.25, 0.3) is 0 Å². The molecule has 2 N–H and O–H groups in total. The first-order valence-electron chi connectivity index (χ1n) is 7.83. The molecule has 1 aromatic rings. The largest absolute Gasteiger partial charge is 0.395 e. The van der Waals surface area contributed by atoms with Gasteiger partial charge in [-0.25, -0.2) is 0 Å². The molecule has 1 aromatic carbocycles. The summed E-state index contributed by atoms with van der Waals surface area (Å²) in [6.07, 6.45) is 4.41. The third-order valence-electron chi connectivity index (χ3n) is 4.30. The van der Waals surface area contributed by atoms with E-state index in [0.29, 0.717) is 6.54 Å². The Labute approximate surface area is 127 Å². The Morgan fingerprint density at radius 1 is 1.29 bits per heavy atom. The van der Waals surface area contributed by atoms with Crippen molar-refractivity contribution >= 4 is 11.6 Å². The van der Waals surface area contributed by atoms with Gasteiger partial charge in [0.15, 0.2) is 0 Å². The molecule has 1 saturated heterocycles. The van der Waals surface area contributed by atoms with Crippen molar-refractivity contribution in [2.75, 3.05) is 25.0 Å². The van der Waals surface area contributed by atoms with Gasteiger partial charge < -0.3 is 10.4 Å². The second kappa shape index (κ2) is 7.57. The van der Waals surface area contributed by atoms with Crippen molar-refractivity contribution in [3.63, 3.8) is 0 Å². The fourth-order valence-electron chi connectivity index (χ4n) is 3.03. The Hall–Kier alpha value is -1.39. The molecule has 0 bridgehead atoms. The molecule has 4 nitrogen and oxygen atoms in total. The number of aryl methyl sites for hydroxylation is 2. The van der Waals surface area contributed by atoms with Crippen LogP contribution in [0, 0.1) is 13.8 Å². The lowest BCUT2D eigenvalue weighted by Gasteiger charge is -2.27. The van der Waals surface area contributed by atoms with E-state index in [9.17, 15) is 9.90 Å². The zero-order valence-electron chi connectivity index (χ0n) is 13.1. The van der Waals surface area contributed by atoms with Crippen LogP contribution in [-0.2, 0) is 4.79 Å². The molecular formula is C17H26N2O2. The number of nitrogens with zero attached hydrogens (tertiary/aromatic N) is 1. The van der Waals surface area contributed by atoms with Gasteiger partial charge in [0.1, 0.15) is 0 Å². The molecule has 0 spiro atoms. The third-order valence-corrected chi connectivity index (χ3v) is 4.30. The number of amides is 1. The van der Waals surface area contributed by atoms with Gasteiger partial charge in [-0.2, -0.15) is 0 Å². The van der Waals surface area contributed by atoms with Crippen LogP contribution in [0.25, 0.3) is 0 Å². The smallest absolute Gasteiger partial charge is 0.238 e. The van der Waals surface area contributed by atoms with E-state index in [2.05, 4.69) is 10.2 Å². The van der Waals surface area contributed by atoms with Gasteiger partial charge in [-0.05, 0) is 44.4 Å². The maximum Gasteiger partial charge on any atom is 0.238 e. The maximum atomic E-state index is 12.3. The number of likely N-dealkylation sites (tertiary alicyclic amines) is 1. The second-order valence-electron chi connectivity index (χ2n) is 5.97. The molecule has 0 aliphatic carbocycles. The number of para-hydroxylation sites is 1. The van der Waals surface area contributed by atoms with Crippen LogP contribution in [0.2, 0.25) is 0 Å². The predicted molar refractivity (Wildman–Crippen MR) is 85.5 cm³/mol. The molecule has 0 aromatic heterocycles. The van der Waals surface area contributed by atoms with Crippen LogP contribution in [0.15, 0.2) is 18.2 Å². The van der Waals surface area contributed by atoms with Crippen LogP contribution < -0.4 is 5.32 Å². The van der Waals surface area contributed by atoms with Crippen molar-refractivity contribution in [1.82, 2.24) is 4.90 Å². The molecule has 1 aliphatic heterocycles. The van der Waals surface area contributed by atoms with E-state index >= 15 is 0 Å². The molecule has 1 amide bonds. The highest BCUT2D eigenvalue weighted by Crippen LogP contribution is 2.20. The van der Waals surface area contributed by atoms with Crippen LogP contribution in [0.3, 0.4) is 0 Å². The summed E-state index contributed by atoms with van der Waals surface area (Å²) >= 11 is 0. The molecule has 1 fully saturated rings. The fraction of sp³-hybridized carbons (Fsp3) is 0.588. The first-order valence-corrected chi connectivity index (χ1v) is 7.83. The molecule has 1 aliphatic rings. The van der Waals surface area contributed by atoms with Gasteiger partial charge in [-0.3, -0.25) is 9.69 Å². The number of hydrogen-bond acceptors (Lipinski definition) is 3. The summed E-state index contributed by atoms with van der Waals surface area (Å²) in [4.78, 5) is 14.4.